The average molecular weight is 299 g/mol. The standard InChI is InChI=1S/C16H13NO3S/c1-11-7-9-13(10-8-11)21(19,20)17-15-6-4-3-5-14(15)12(2)16(17)18/h3-10H,2H2,1H3. The monoisotopic (exact) mass is 299 g/mol. The Labute approximate surface area is 123 Å². The highest BCUT2D eigenvalue weighted by Crippen LogP contribution is 2.38. The first kappa shape index (κ1) is 13.6. The Morgan fingerprint density at radius 3 is 2.29 bits per heavy atom. The summed E-state index contributed by atoms with van der Waals surface area (Å²) in [4.78, 5) is 12.4. The van der Waals surface area contributed by atoms with Crippen LogP contribution < -0.4 is 4.31 Å². The molecule has 1 amide bonds. The van der Waals surface area contributed by atoms with Crippen LogP contribution in [0.2, 0.25) is 0 Å². The number of carbonyl (C=O) groups is 1. The molecule has 1 aliphatic heterocycles. The molecule has 0 fully saturated rings. The number of sulfonamides is 1. The number of anilines is 1. The van der Waals surface area contributed by atoms with Crippen molar-refractivity contribution in [1.29, 1.82) is 0 Å². The van der Waals surface area contributed by atoms with Crippen LogP contribution in [0, 0.1) is 6.92 Å². The second-order valence-corrected chi connectivity index (χ2v) is 6.67. The zero-order valence-electron chi connectivity index (χ0n) is 11.4. The molecule has 0 saturated carbocycles. The first-order valence-electron chi connectivity index (χ1n) is 6.37. The molecule has 1 aliphatic rings. The maximum atomic E-state index is 12.7. The van der Waals surface area contributed by atoms with Crippen LogP contribution in [-0.4, -0.2) is 14.3 Å². The van der Waals surface area contributed by atoms with Gasteiger partial charge in [0, 0.05) is 11.1 Å². The van der Waals surface area contributed by atoms with Crippen LogP contribution in [0.15, 0.2) is 60.0 Å². The lowest BCUT2D eigenvalue weighted by molar-refractivity contribution is -0.111. The summed E-state index contributed by atoms with van der Waals surface area (Å²) in [5.74, 6) is -0.600. The van der Waals surface area contributed by atoms with E-state index in [-0.39, 0.29) is 10.5 Å². The van der Waals surface area contributed by atoms with Crippen LogP contribution in [-0.2, 0) is 14.8 Å². The average Bonchev–Trinajstić information content (AvgIpc) is 2.72. The van der Waals surface area contributed by atoms with E-state index >= 15 is 0 Å². The Morgan fingerprint density at radius 1 is 1.00 bits per heavy atom. The lowest BCUT2D eigenvalue weighted by Crippen LogP contribution is -2.33. The summed E-state index contributed by atoms with van der Waals surface area (Å²) in [6.07, 6.45) is 0. The number of amides is 1. The number of para-hydroxylation sites is 1. The van der Waals surface area contributed by atoms with Crippen LogP contribution in [0.5, 0.6) is 0 Å². The summed E-state index contributed by atoms with van der Waals surface area (Å²) >= 11 is 0. The van der Waals surface area contributed by atoms with E-state index in [2.05, 4.69) is 6.58 Å². The number of aryl methyl sites for hydroxylation is 1. The topological polar surface area (TPSA) is 54.5 Å². The number of carbonyl (C=O) groups excluding carboxylic acids is 1. The van der Waals surface area contributed by atoms with Gasteiger partial charge in [0.15, 0.2) is 0 Å². The maximum absolute atomic E-state index is 12.7. The molecule has 3 rings (SSSR count). The molecule has 106 valence electrons. The summed E-state index contributed by atoms with van der Waals surface area (Å²) in [7, 11) is -3.93. The van der Waals surface area contributed by atoms with E-state index in [1.165, 1.54) is 12.1 Å². The van der Waals surface area contributed by atoms with Gasteiger partial charge in [0.25, 0.3) is 15.9 Å². The lowest BCUT2D eigenvalue weighted by Gasteiger charge is -2.17. The van der Waals surface area contributed by atoms with E-state index in [1.807, 2.05) is 6.92 Å². The predicted molar refractivity (Wildman–Crippen MR) is 81.3 cm³/mol. The van der Waals surface area contributed by atoms with Crippen LogP contribution >= 0.6 is 0 Å². The van der Waals surface area contributed by atoms with E-state index in [4.69, 9.17) is 0 Å². The first-order valence-corrected chi connectivity index (χ1v) is 7.81. The molecule has 0 spiro atoms. The molecule has 0 bridgehead atoms. The zero-order chi connectivity index (χ0) is 15.2. The molecule has 0 radical (unpaired) electrons. The second-order valence-electron chi connectivity index (χ2n) is 4.88. The number of benzene rings is 2. The van der Waals surface area contributed by atoms with Gasteiger partial charge in [0.1, 0.15) is 0 Å². The minimum atomic E-state index is -3.93. The second kappa shape index (κ2) is 4.56. The molecule has 4 nitrogen and oxygen atoms in total. The van der Waals surface area contributed by atoms with Gasteiger partial charge in [-0.25, -0.2) is 8.42 Å². The Balaban J connectivity index is 2.18. The molecule has 2 aromatic rings. The summed E-state index contributed by atoms with van der Waals surface area (Å²) in [5.41, 5.74) is 2.05. The summed E-state index contributed by atoms with van der Waals surface area (Å²) in [6, 6.07) is 13.2. The number of rotatable bonds is 2. The SMILES string of the molecule is C=C1C(=O)N(S(=O)(=O)c2ccc(C)cc2)c2ccccc21. The Bertz CT molecular complexity index is 851. The number of fused-ring (bicyclic) bond motifs is 1. The minimum absolute atomic E-state index is 0.0888. The predicted octanol–water partition coefficient (Wildman–Crippen LogP) is 2.74. The van der Waals surface area contributed by atoms with Crippen molar-refractivity contribution in [3.63, 3.8) is 0 Å². The summed E-state index contributed by atoms with van der Waals surface area (Å²) < 4.78 is 26.3. The molecular formula is C16H13NO3S. The Hall–Kier alpha value is -2.40. The molecular weight excluding hydrogens is 286 g/mol. The largest absolute Gasteiger partial charge is 0.272 e. The van der Waals surface area contributed by atoms with Gasteiger partial charge < -0.3 is 0 Å². The highest BCUT2D eigenvalue weighted by molar-refractivity contribution is 7.93. The fourth-order valence-electron chi connectivity index (χ4n) is 2.31. The van der Waals surface area contributed by atoms with E-state index in [1.54, 1.807) is 36.4 Å². The van der Waals surface area contributed by atoms with Gasteiger partial charge in [-0.1, -0.05) is 42.5 Å². The van der Waals surface area contributed by atoms with Crippen molar-refractivity contribution in [1.82, 2.24) is 0 Å². The molecule has 0 N–H and O–H groups in total. The van der Waals surface area contributed by atoms with Crippen molar-refractivity contribution in [2.24, 2.45) is 0 Å². The fraction of sp³-hybridized carbons (Fsp3) is 0.0625. The van der Waals surface area contributed by atoms with Crippen LogP contribution in [0.3, 0.4) is 0 Å². The van der Waals surface area contributed by atoms with Crippen molar-refractivity contribution in [2.45, 2.75) is 11.8 Å². The van der Waals surface area contributed by atoms with Gasteiger partial charge >= 0.3 is 0 Å². The molecule has 0 unspecified atom stereocenters. The minimum Gasteiger partial charge on any atom is -0.268 e. The normalized spacial score (nSPS) is 14.4. The number of hydrogen-bond acceptors (Lipinski definition) is 3. The molecule has 1 heterocycles. The molecule has 21 heavy (non-hydrogen) atoms. The van der Waals surface area contributed by atoms with Crippen molar-refractivity contribution in [3.05, 3.63) is 66.2 Å². The van der Waals surface area contributed by atoms with E-state index in [0.717, 1.165) is 9.87 Å². The maximum Gasteiger partial charge on any atom is 0.272 e. The number of nitrogens with zero attached hydrogens (tertiary/aromatic N) is 1. The smallest absolute Gasteiger partial charge is 0.268 e. The van der Waals surface area contributed by atoms with Crippen molar-refractivity contribution in [2.75, 3.05) is 4.31 Å². The molecule has 5 heteroatoms. The van der Waals surface area contributed by atoms with Gasteiger partial charge in [-0.05, 0) is 25.1 Å². The van der Waals surface area contributed by atoms with Gasteiger partial charge in [-0.3, -0.25) is 4.79 Å². The van der Waals surface area contributed by atoms with Crippen molar-refractivity contribution >= 4 is 27.2 Å². The molecule has 2 aromatic carbocycles. The van der Waals surface area contributed by atoms with Gasteiger partial charge in [-0.2, -0.15) is 4.31 Å². The quantitative estimate of drug-likeness (QED) is 0.801. The molecule has 0 saturated heterocycles. The summed E-state index contributed by atoms with van der Waals surface area (Å²) in [6.45, 7) is 5.56. The third kappa shape index (κ3) is 1.97. The zero-order valence-corrected chi connectivity index (χ0v) is 12.2. The molecule has 0 aromatic heterocycles. The van der Waals surface area contributed by atoms with E-state index in [9.17, 15) is 13.2 Å². The highest BCUT2D eigenvalue weighted by Gasteiger charge is 2.39. The first-order chi connectivity index (χ1) is 9.93. The van der Waals surface area contributed by atoms with Crippen LogP contribution in [0.25, 0.3) is 5.57 Å². The highest BCUT2D eigenvalue weighted by atomic mass is 32.2. The van der Waals surface area contributed by atoms with Gasteiger partial charge in [-0.15, -0.1) is 0 Å². The van der Waals surface area contributed by atoms with Gasteiger partial charge in [0.2, 0.25) is 0 Å². The lowest BCUT2D eigenvalue weighted by atomic mass is 10.1. The fourth-order valence-corrected chi connectivity index (χ4v) is 3.74. The Kier molecular flexibility index (Phi) is 2.95. The van der Waals surface area contributed by atoms with E-state index in [0.29, 0.717) is 11.3 Å². The molecule has 0 aliphatic carbocycles. The third-order valence-corrected chi connectivity index (χ3v) is 5.16. The Morgan fingerprint density at radius 2 is 1.62 bits per heavy atom. The van der Waals surface area contributed by atoms with Crippen molar-refractivity contribution < 1.29 is 13.2 Å². The van der Waals surface area contributed by atoms with Crippen LogP contribution in [0.4, 0.5) is 5.69 Å². The molecule has 0 atom stereocenters. The van der Waals surface area contributed by atoms with Gasteiger partial charge in [0.05, 0.1) is 10.6 Å². The van der Waals surface area contributed by atoms with Crippen LogP contribution in [0.1, 0.15) is 11.1 Å². The van der Waals surface area contributed by atoms with E-state index < -0.39 is 15.9 Å². The number of hydrogen-bond donors (Lipinski definition) is 0. The summed E-state index contributed by atoms with van der Waals surface area (Å²) in [5, 5.41) is 0. The van der Waals surface area contributed by atoms with Crippen molar-refractivity contribution in [3.8, 4) is 0 Å². The third-order valence-electron chi connectivity index (χ3n) is 3.45.